The second-order valence-corrected chi connectivity index (χ2v) is 6.89. The van der Waals surface area contributed by atoms with E-state index >= 15 is 0 Å². The zero-order valence-corrected chi connectivity index (χ0v) is 15.5. The van der Waals surface area contributed by atoms with Crippen LogP contribution in [0.5, 0.6) is 0 Å². The standard InChI is InChI=1S/C22H19Cl2N/c1-16-5-2-3-8-22(16)25-19-13-11-17(12-14-19)9-10-18-6-4-7-20(23)21(24)15-18/h2-3,5,7-8,11-15,18,25H,9-10H2,1H3. The third-order valence-corrected chi connectivity index (χ3v) is 4.90. The Kier molecular flexibility index (Phi) is 5.87. The summed E-state index contributed by atoms with van der Waals surface area (Å²) in [5.74, 6) is 6.27. The van der Waals surface area contributed by atoms with Crippen molar-refractivity contribution < 1.29 is 0 Å². The van der Waals surface area contributed by atoms with Crippen molar-refractivity contribution in [2.45, 2.75) is 19.8 Å². The average Bonchev–Trinajstić information content (AvgIpc) is 2.77. The molecule has 0 bridgehead atoms. The number of nitrogens with one attached hydrogen (secondary N) is 1. The number of para-hydroxylation sites is 1. The number of allylic oxidation sites excluding steroid dienone is 4. The lowest BCUT2D eigenvalue weighted by Crippen LogP contribution is -1.97. The molecular weight excluding hydrogens is 349 g/mol. The van der Waals surface area contributed by atoms with E-state index in [2.05, 4.69) is 60.5 Å². The second-order valence-electron chi connectivity index (χ2n) is 6.08. The summed E-state index contributed by atoms with van der Waals surface area (Å²) in [5.41, 5.74) is 4.73. The molecule has 0 amide bonds. The van der Waals surface area contributed by atoms with Crippen LogP contribution in [0, 0.1) is 24.7 Å². The molecule has 1 aliphatic carbocycles. The van der Waals surface area contributed by atoms with E-state index in [-0.39, 0.29) is 5.92 Å². The highest BCUT2D eigenvalue weighted by atomic mass is 35.5. The SMILES string of the molecule is Cc1ccccc1Nc1ccc(CCC2C#CC=C(Cl)C(Cl)=C2)cc1. The lowest BCUT2D eigenvalue weighted by Gasteiger charge is -2.11. The zero-order chi connectivity index (χ0) is 17.6. The van der Waals surface area contributed by atoms with Crippen LogP contribution in [0.2, 0.25) is 0 Å². The number of aryl methyl sites for hydroxylation is 2. The van der Waals surface area contributed by atoms with Gasteiger partial charge < -0.3 is 5.32 Å². The summed E-state index contributed by atoms with van der Waals surface area (Å²) in [6.07, 6.45) is 5.47. The van der Waals surface area contributed by atoms with Crippen LogP contribution in [-0.2, 0) is 6.42 Å². The van der Waals surface area contributed by atoms with E-state index in [9.17, 15) is 0 Å². The number of rotatable bonds is 5. The van der Waals surface area contributed by atoms with Gasteiger partial charge >= 0.3 is 0 Å². The minimum atomic E-state index is 0.129. The van der Waals surface area contributed by atoms with Crippen LogP contribution >= 0.6 is 23.2 Å². The maximum Gasteiger partial charge on any atom is 0.0672 e. The van der Waals surface area contributed by atoms with E-state index in [1.54, 1.807) is 6.08 Å². The Morgan fingerprint density at radius 2 is 1.76 bits per heavy atom. The molecule has 0 radical (unpaired) electrons. The summed E-state index contributed by atoms with van der Waals surface area (Å²) in [5, 5.41) is 4.54. The minimum Gasteiger partial charge on any atom is -0.355 e. The van der Waals surface area contributed by atoms with Crippen LogP contribution in [-0.4, -0.2) is 0 Å². The fourth-order valence-electron chi connectivity index (χ4n) is 2.68. The molecule has 0 saturated heterocycles. The maximum atomic E-state index is 6.13. The Labute approximate surface area is 159 Å². The van der Waals surface area contributed by atoms with Crippen molar-refractivity contribution in [3.63, 3.8) is 0 Å². The predicted octanol–water partition coefficient (Wildman–Crippen LogP) is 6.55. The molecule has 1 aliphatic rings. The highest BCUT2D eigenvalue weighted by Crippen LogP contribution is 2.25. The first kappa shape index (κ1) is 17.7. The Balaban J connectivity index is 1.60. The zero-order valence-electron chi connectivity index (χ0n) is 14.0. The Hall–Kier alpha value is -2.14. The monoisotopic (exact) mass is 367 g/mol. The van der Waals surface area contributed by atoms with Gasteiger partial charge in [0.1, 0.15) is 0 Å². The molecule has 0 aliphatic heterocycles. The molecule has 0 heterocycles. The van der Waals surface area contributed by atoms with Gasteiger partial charge in [-0.2, -0.15) is 0 Å². The lowest BCUT2D eigenvalue weighted by molar-refractivity contribution is 0.728. The van der Waals surface area contributed by atoms with Crippen molar-refractivity contribution in [3.05, 3.63) is 81.9 Å². The number of anilines is 2. The van der Waals surface area contributed by atoms with Crippen LogP contribution in [0.15, 0.2) is 70.7 Å². The van der Waals surface area contributed by atoms with Gasteiger partial charge in [0.2, 0.25) is 0 Å². The van der Waals surface area contributed by atoms with Gasteiger partial charge in [-0.3, -0.25) is 0 Å². The van der Waals surface area contributed by atoms with Crippen LogP contribution in [0.4, 0.5) is 11.4 Å². The summed E-state index contributed by atoms with van der Waals surface area (Å²) < 4.78 is 0. The molecular formula is C22H19Cl2N. The van der Waals surface area contributed by atoms with E-state index in [1.165, 1.54) is 11.1 Å². The third-order valence-electron chi connectivity index (χ3n) is 4.17. The smallest absolute Gasteiger partial charge is 0.0672 e. The molecule has 1 nitrogen and oxygen atoms in total. The van der Waals surface area contributed by atoms with Gasteiger partial charge in [0.05, 0.1) is 10.1 Å². The van der Waals surface area contributed by atoms with Crippen molar-refractivity contribution in [2.24, 2.45) is 5.92 Å². The molecule has 0 fully saturated rings. The van der Waals surface area contributed by atoms with E-state index in [4.69, 9.17) is 23.2 Å². The molecule has 3 heteroatoms. The topological polar surface area (TPSA) is 12.0 Å². The van der Waals surface area contributed by atoms with E-state index in [1.807, 2.05) is 18.2 Å². The van der Waals surface area contributed by atoms with Gasteiger partial charge in [0, 0.05) is 23.4 Å². The van der Waals surface area contributed by atoms with Crippen LogP contribution in [0.25, 0.3) is 0 Å². The number of hydrogen-bond donors (Lipinski definition) is 1. The van der Waals surface area contributed by atoms with Gasteiger partial charge in [-0.25, -0.2) is 0 Å². The summed E-state index contributed by atoms with van der Waals surface area (Å²) in [6.45, 7) is 2.10. The molecule has 3 rings (SSSR count). The molecule has 1 N–H and O–H groups in total. The summed E-state index contributed by atoms with van der Waals surface area (Å²) in [7, 11) is 0. The fourth-order valence-corrected chi connectivity index (χ4v) is 3.00. The van der Waals surface area contributed by atoms with Gasteiger partial charge in [0.15, 0.2) is 0 Å². The first-order valence-corrected chi connectivity index (χ1v) is 9.03. The number of benzene rings is 2. The van der Waals surface area contributed by atoms with Gasteiger partial charge in [-0.05, 0) is 55.2 Å². The minimum absolute atomic E-state index is 0.129. The fraction of sp³-hybridized carbons (Fsp3) is 0.182. The van der Waals surface area contributed by atoms with Crippen LogP contribution in [0.1, 0.15) is 17.5 Å². The molecule has 1 atom stereocenters. The molecule has 0 aromatic heterocycles. The van der Waals surface area contributed by atoms with Crippen molar-refractivity contribution >= 4 is 34.6 Å². The Bertz CT molecular complexity index is 867. The normalized spacial score (nSPS) is 16.2. The third kappa shape index (κ3) is 4.92. The van der Waals surface area contributed by atoms with Crippen LogP contribution in [0.3, 0.4) is 0 Å². The Morgan fingerprint density at radius 1 is 1.00 bits per heavy atom. The molecule has 0 saturated carbocycles. The Morgan fingerprint density at radius 3 is 2.52 bits per heavy atom. The van der Waals surface area contributed by atoms with Gasteiger partial charge in [0.25, 0.3) is 0 Å². The van der Waals surface area contributed by atoms with Gasteiger partial charge in [-0.15, -0.1) is 0 Å². The predicted molar refractivity (Wildman–Crippen MR) is 108 cm³/mol. The molecule has 25 heavy (non-hydrogen) atoms. The average molecular weight is 368 g/mol. The van der Waals surface area contributed by atoms with Gasteiger partial charge in [-0.1, -0.05) is 65.4 Å². The summed E-state index contributed by atoms with van der Waals surface area (Å²) in [6, 6.07) is 16.8. The molecule has 0 spiro atoms. The second kappa shape index (κ2) is 8.30. The molecule has 2 aromatic carbocycles. The lowest BCUT2D eigenvalue weighted by atomic mass is 9.99. The summed E-state index contributed by atoms with van der Waals surface area (Å²) in [4.78, 5) is 0. The van der Waals surface area contributed by atoms with Crippen molar-refractivity contribution in [3.8, 4) is 11.8 Å². The van der Waals surface area contributed by atoms with Crippen molar-refractivity contribution in [1.29, 1.82) is 0 Å². The quantitative estimate of drug-likeness (QED) is 0.590. The van der Waals surface area contributed by atoms with Crippen LogP contribution < -0.4 is 5.32 Å². The highest BCUT2D eigenvalue weighted by molar-refractivity contribution is 6.44. The first-order chi connectivity index (χ1) is 12.1. The maximum absolute atomic E-state index is 6.13. The van der Waals surface area contributed by atoms with E-state index < -0.39 is 0 Å². The summed E-state index contributed by atoms with van der Waals surface area (Å²) >= 11 is 12.1. The van der Waals surface area contributed by atoms with E-state index in [0.29, 0.717) is 10.1 Å². The van der Waals surface area contributed by atoms with E-state index in [0.717, 1.165) is 24.2 Å². The molecule has 2 aromatic rings. The molecule has 126 valence electrons. The van der Waals surface area contributed by atoms with Crippen molar-refractivity contribution in [2.75, 3.05) is 5.32 Å². The number of hydrogen-bond acceptors (Lipinski definition) is 1. The largest absolute Gasteiger partial charge is 0.355 e. The first-order valence-electron chi connectivity index (χ1n) is 8.28. The highest BCUT2D eigenvalue weighted by Gasteiger charge is 2.08. The number of halogens is 2. The van der Waals surface area contributed by atoms with Crippen molar-refractivity contribution in [1.82, 2.24) is 0 Å². The molecule has 1 unspecified atom stereocenters.